The number of para-hydroxylation sites is 1. The second-order valence-corrected chi connectivity index (χ2v) is 3.98. The van der Waals surface area contributed by atoms with Crippen molar-refractivity contribution in [1.29, 1.82) is 0 Å². The highest BCUT2D eigenvalue weighted by atomic mass is 16.8. The lowest BCUT2D eigenvalue weighted by Crippen LogP contribution is -2.22. The van der Waals surface area contributed by atoms with Crippen molar-refractivity contribution in [2.24, 2.45) is 10.9 Å². The van der Waals surface area contributed by atoms with Gasteiger partial charge in [0.2, 0.25) is 0 Å². The molecule has 1 aromatic carbocycles. The molecule has 0 aliphatic rings. The van der Waals surface area contributed by atoms with Crippen LogP contribution in [0.25, 0.3) is 10.9 Å². The predicted octanol–water partition coefficient (Wildman–Crippen LogP) is 2.06. The van der Waals surface area contributed by atoms with Crippen LogP contribution in [-0.4, -0.2) is 30.2 Å². The number of rotatable bonds is 5. The second-order valence-electron chi connectivity index (χ2n) is 3.98. The molecule has 0 spiro atoms. The number of aromatic nitrogens is 1. The molecular weight excluding hydrogens is 274 g/mol. The first-order valence-corrected chi connectivity index (χ1v) is 6.33. The Hall–Kier alpha value is -2.83. The molecule has 1 heterocycles. The van der Waals surface area contributed by atoms with E-state index in [0.717, 1.165) is 10.9 Å². The minimum absolute atomic E-state index is 0.0102. The normalized spacial score (nSPS) is 11.2. The maximum absolute atomic E-state index is 10.9. The molecule has 7 heteroatoms. The Labute approximate surface area is 121 Å². The minimum atomic E-state index is -0.910. The quantitative estimate of drug-likeness (QED) is 0.297. The van der Waals surface area contributed by atoms with E-state index in [4.69, 9.17) is 10.5 Å². The lowest BCUT2D eigenvalue weighted by molar-refractivity contribution is 0.0608. The number of nitrogens with zero attached hydrogens (tertiary/aromatic N) is 2. The van der Waals surface area contributed by atoms with Crippen molar-refractivity contribution >= 4 is 22.9 Å². The average Bonchev–Trinajstić information content (AvgIpc) is 2.51. The molecule has 0 aliphatic heterocycles. The van der Waals surface area contributed by atoms with Gasteiger partial charge in [-0.2, -0.15) is 0 Å². The molecule has 110 valence electrons. The van der Waals surface area contributed by atoms with Gasteiger partial charge in [0.1, 0.15) is 17.9 Å². The van der Waals surface area contributed by atoms with E-state index < -0.39 is 6.16 Å². The highest BCUT2D eigenvalue weighted by molar-refractivity contribution is 5.85. The van der Waals surface area contributed by atoms with E-state index in [0.29, 0.717) is 5.75 Å². The second kappa shape index (κ2) is 7.09. The fourth-order valence-electron chi connectivity index (χ4n) is 1.61. The summed E-state index contributed by atoms with van der Waals surface area (Å²) in [6.45, 7) is 1.83. The van der Waals surface area contributed by atoms with Gasteiger partial charge in [0.05, 0.1) is 6.61 Å². The summed E-state index contributed by atoms with van der Waals surface area (Å²) in [5, 5.41) is 4.36. The van der Waals surface area contributed by atoms with E-state index in [2.05, 4.69) is 19.7 Å². The van der Waals surface area contributed by atoms with Crippen molar-refractivity contribution in [3.8, 4) is 5.75 Å². The lowest BCUT2D eigenvalue weighted by Gasteiger charge is -2.07. The van der Waals surface area contributed by atoms with Crippen LogP contribution in [0.15, 0.2) is 41.7 Å². The fraction of sp³-hybridized carbons (Fsp3) is 0.214. The molecule has 2 N–H and O–H groups in total. The summed E-state index contributed by atoms with van der Waals surface area (Å²) in [5.41, 5.74) is 6.30. The largest absolute Gasteiger partial charge is 0.535 e. The molecule has 0 saturated heterocycles. The first kappa shape index (κ1) is 14.6. The monoisotopic (exact) mass is 289 g/mol. The molecule has 2 rings (SSSR count). The Morgan fingerprint density at radius 2 is 2.14 bits per heavy atom. The molecule has 0 amide bonds. The summed E-state index contributed by atoms with van der Waals surface area (Å²) in [6.07, 6.45) is 0.767. The maximum atomic E-state index is 10.9. The number of amidine groups is 1. The van der Waals surface area contributed by atoms with Crippen molar-refractivity contribution in [3.63, 3.8) is 0 Å². The van der Waals surface area contributed by atoms with Gasteiger partial charge in [-0.3, -0.25) is 9.82 Å². The summed E-state index contributed by atoms with van der Waals surface area (Å²) in [4.78, 5) is 19.6. The molecule has 1 aromatic heterocycles. The van der Waals surface area contributed by atoms with Crippen LogP contribution in [0, 0.1) is 0 Å². The summed E-state index contributed by atoms with van der Waals surface area (Å²) in [6, 6.07) is 9.32. The van der Waals surface area contributed by atoms with Gasteiger partial charge in [0, 0.05) is 11.6 Å². The maximum Gasteiger partial charge on any atom is 0.535 e. The molecule has 0 radical (unpaired) electrons. The topological polar surface area (TPSA) is 96.0 Å². The smallest absolute Gasteiger partial charge is 0.483 e. The summed E-state index contributed by atoms with van der Waals surface area (Å²) >= 11 is 0. The minimum Gasteiger partial charge on any atom is -0.483 e. The van der Waals surface area contributed by atoms with Crippen molar-refractivity contribution in [2.45, 2.75) is 6.92 Å². The average molecular weight is 289 g/mol. The number of hydrogen-bond acceptors (Lipinski definition) is 6. The van der Waals surface area contributed by atoms with Crippen LogP contribution >= 0.6 is 0 Å². The van der Waals surface area contributed by atoms with Crippen LogP contribution in [0.4, 0.5) is 4.79 Å². The van der Waals surface area contributed by atoms with E-state index in [9.17, 15) is 4.79 Å². The SMILES string of the molecule is CCOC(=O)ON=C(N)COc1cccc2cccnc12. The zero-order valence-corrected chi connectivity index (χ0v) is 11.5. The number of carbonyl (C=O) groups excluding carboxylic acids is 1. The molecule has 21 heavy (non-hydrogen) atoms. The standard InChI is InChI=1S/C14H15N3O4/c1-2-19-14(18)21-17-12(15)9-20-11-7-3-5-10-6-4-8-16-13(10)11/h3-8H,2,9H2,1H3,(H2,15,17). The van der Waals surface area contributed by atoms with Crippen molar-refractivity contribution in [2.75, 3.05) is 13.2 Å². The van der Waals surface area contributed by atoms with Gasteiger partial charge in [0.15, 0.2) is 5.84 Å². The first-order valence-electron chi connectivity index (χ1n) is 6.33. The van der Waals surface area contributed by atoms with Gasteiger partial charge in [0.25, 0.3) is 0 Å². The van der Waals surface area contributed by atoms with E-state index >= 15 is 0 Å². The van der Waals surface area contributed by atoms with Crippen molar-refractivity contribution in [3.05, 3.63) is 36.5 Å². The number of pyridine rings is 1. The van der Waals surface area contributed by atoms with Gasteiger partial charge in [-0.1, -0.05) is 23.4 Å². The first-order chi connectivity index (χ1) is 10.2. The van der Waals surface area contributed by atoms with E-state index in [-0.39, 0.29) is 19.0 Å². The van der Waals surface area contributed by atoms with Gasteiger partial charge >= 0.3 is 6.16 Å². The fourth-order valence-corrected chi connectivity index (χ4v) is 1.61. The molecule has 2 aromatic rings. The zero-order chi connectivity index (χ0) is 15.1. The van der Waals surface area contributed by atoms with E-state index in [1.165, 1.54) is 0 Å². The van der Waals surface area contributed by atoms with Gasteiger partial charge in [-0.15, -0.1) is 0 Å². The van der Waals surface area contributed by atoms with Gasteiger partial charge in [-0.05, 0) is 19.1 Å². The Morgan fingerprint density at radius 3 is 2.95 bits per heavy atom. The Kier molecular flexibility index (Phi) is 4.92. The molecule has 0 aliphatic carbocycles. The molecule has 0 unspecified atom stereocenters. The third kappa shape index (κ3) is 4.07. The third-order valence-electron chi connectivity index (χ3n) is 2.47. The number of oxime groups is 1. The highest BCUT2D eigenvalue weighted by Crippen LogP contribution is 2.22. The van der Waals surface area contributed by atoms with Crippen molar-refractivity contribution in [1.82, 2.24) is 4.98 Å². The van der Waals surface area contributed by atoms with Crippen LogP contribution in [0.5, 0.6) is 5.75 Å². The van der Waals surface area contributed by atoms with Gasteiger partial charge in [-0.25, -0.2) is 4.79 Å². The van der Waals surface area contributed by atoms with Gasteiger partial charge < -0.3 is 15.2 Å². The molecule has 0 fully saturated rings. The number of nitrogens with two attached hydrogens (primary N) is 1. The summed E-state index contributed by atoms with van der Waals surface area (Å²) in [7, 11) is 0. The van der Waals surface area contributed by atoms with E-state index in [1.807, 2.05) is 24.3 Å². The van der Waals surface area contributed by atoms with Crippen molar-refractivity contribution < 1.29 is 19.1 Å². The van der Waals surface area contributed by atoms with E-state index in [1.54, 1.807) is 19.2 Å². The zero-order valence-electron chi connectivity index (χ0n) is 11.5. The van der Waals surface area contributed by atoms with Crippen LogP contribution < -0.4 is 10.5 Å². The number of benzene rings is 1. The highest BCUT2D eigenvalue weighted by Gasteiger charge is 2.05. The molecular formula is C14H15N3O4. The molecule has 7 nitrogen and oxygen atoms in total. The Bertz CT molecular complexity index is 652. The Balaban J connectivity index is 1.98. The van der Waals surface area contributed by atoms with Crippen LogP contribution in [0.2, 0.25) is 0 Å². The number of carbonyl (C=O) groups is 1. The molecule has 0 bridgehead atoms. The predicted molar refractivity (Wildman–Crippen MR) is 77.0 cm³/mol. The molecule has 0 saturated carbocycles. The molecule has 0 atom stereocenters. The number of ether oxygens (including phenoxy) is 2. The number of hydrogen-bond donors (Lipinski definition) is 1. The summed E-state index contributed by atoms with van der Waals surface area (Å²) < 4.78 is 10.1. The Morgan fingerprint density at radius 1 is 1.33 bits per heavy atom. The third-order valence-corrected chi connectivity index (χ3v) is 2.47. The summed E-state index contributed by atoms with van der Waals surface area (Å²) in [5.74, 6) is 0.582. The number of fused-ring (bicyclic) bond motifs is 1. The van der Waals surface area contributed by atoms with Crippen LogP contribution in [0.3, 0.4) is 0 Å². The van der Waals surface area contributed by atoms with Crippen LogP contribution in [0.1, 0.15) is 6.92 Å². The van der Waals surface area contributed by atoms with Crippen LogP contribution in [-0.2, 0) is 9.57 Å². The lowest BCUT2D eigenvalue weighted by atomic mass is 10.2.